The summed E-state index contributed by atoms with van der Waals surface area (Å²) >= 11 is 0. The molecule has 1 N–H and O–H groups in total. The highest BCUT2D eigenvalue weighted by Gasteiger charge is 2.33. The van der Waals surface area contributed by atoms with Crippen molar-refractivity contribution in [1.29, 1.82) is 0 Å². The van der Waals surface area contributed by atoms with Crippen LogP contribution in [0, 0.1) is 0 Å². The van der Waals surface area contributed by atoms with Crippen molar-refractivity contribution < 1.29 is 22.7 Å². The van der Waals surface area contributed by atoms with E-state index in [0.717, 1.165) is 12.1 Å². The summed E-state index contributed by atoms with van der Waals surface area (Å²) in [5.41, 5.74) is -0.302. The summed E-state index contributed by atoms with van der Waals surface area (Å²) in [6, 6.07) is 3.33. The van der Waals surface area contributed by atoms with Crippen molar-refractivity contribution in [2.45, 2.75) is 18.5 Å². The van der Waals surface area contributed by atoms with E-state index in [2.05, 4.69) is 5.32 Å². The van der Waals surface area contributed by atoms with Gasteiger partial charge in [-0.15, -0.1) is 0 Å². The fourth-order valence-electron chi connectivity index (χ4n) is 2.05. The third-order valence-corrected chi connectivity index (χ3v) is 2.97. The minimum absolute atomic E-state index is 0.153. The quantitative estimate of drug-likeness (QED) is 0.885. The first-order valence-electron chi connectivity index (χ1n) is 5.43. The van der Waals surface area contributed by atoms with Gasteiger partial charge in [-0.05, 0) is 18.2 Å². The zero-order valence-corrected chi connectivity index (χ0v) is 9.67. The molecule has 1 unspecified atom stereocenters. The molecule has 0 saturated carbocycles. The maximum Gasteiger partial charge on any atom is 0.416 e. The summed E-state index contributed by atoms with van der Waals surface area (Å²) in [5.74, 6) is -0.0429. The Labute approximate surface area is 102 Å². The maximum atomic E-state index is 12.6. The van der Waals surface area contributed by atoms with E-state index in [-0.39, 0.29) is 18.2 Å². The predicted octanol–water partition coefficient (Wildman–Crippen LogP) is 2.32. The lowest BCUT2D eigenvalue weighted by Gasteiger charge is -2.16. The van der Waals surface area contributed by atoms with E-state index in [1.54, 1.807) is 0 Å². The molecule has 1 fully saturated rings. The van der Waals surface area contributed by atoms with Crippen LogP contribution in [0.25, 0.3) is 0 Å². The number of amides is 1. The van der Waals surface area contributed by atoms with E-state index >= 15 is 0 Å². The second-order valence-electron chi connectivity index (χ2n) is 4.16. The van der Waals surface area contributed by atoms with Crippen molar-refractivity contribution in [2.24, 2.45) is 0 Å². The number of alkyl halides is 3. The van der Waals surface area contributed by atoms with Crippen LogP contribution in [0.15, 0.2) is 18.2 Å². The smallest absolute Gasteiger partial charge is 0.416 e. The molecule has 1 aliphatic rings. The van der Waals surface area contributed by atoms with E-state index in [9.17, 15) is 18.0 Å². The average molecular weight is 259 g/mol. The molecule has 0 aromatic heterocycles. The monoisotopic (exact) mass is 259 g/mol. The first-order valence-corrected chi connectivity index (χ1v) is 5.43. The Bertz CT molecular complexity index is 471. The minimum atomic E-state index is -4.39. The van der Waals surface area contributed by atoms with Gasteiger partial charge in [0.1, 0.15) is 5.75 Å². The molecule has 1 atom stereocenters. The molecule has 18 heavy (non-hydrogen) atoms. The SMILES string of the molecule is COc1ccc(C(F)(F)F)cc1C1CNC(=O)C1. The van der Waals surface area contributed by atoms with Gasteiger partial charge in [-0.1, -0.05) is 0 Å². The number of rotatable bonds is 2. The van der Waals surface area contributed by atoms with Gasteiger partial charge < -0.3 is 10.1 Å². The van der Waals surface area contributed by atoms with Crippen molar-refractivity contribution >= 4 is 5.91 Å². The van der Waals surface area contributed by atoms with E-state index in [0.29, 0.717) is 17.9 Å². The van der Waals surface area contributed by atoms with Gasteiger partial charge in [-0.25, -0.2) is 0 Å². The fraction of sp³-hybridized carbons (Fsp3) is 0.417. The van der Waals surface area contributed by atoms with Crippen molar-refractivity contribution in [2.75, 3.05) is 13.7 Å². The lowest BCUT2D eigenvalue weighted by atomic mass is 9.95. The molecule has 0 aliphatic carbocycles. The Morgan fingerprint density at radius 3 is 2.61 bits per heavy atom. The lowest BCUT2D eigenvalue weighted by Crippen LogP contribution is -2.14. The van der Waals surface area contributed by atoms with E-state index in [1.165, 1.54) is 13.2 Å². The molecule has 6 heteroatoms. The standard InChI is InChI=1S/C12H12F3NO2/c1-18-10-3-2-8(12(13,14)15)5-9(10)7-4-11(17)16-6-7/h2-3,5,7H,4,6H2,1H3,(H,16,17). The van der Waals surface area contributed by atoms with Gasteiger partial charge in [0, 0.05) is 24.4 Å². The highest BCUT2D eigenvalue weighted by atomic mass is 19.4. The molecule has 0 bridgehead atoms. The van der Waals surface area contributed by atoms with E-state index < -0.39 is 11.7 Å². The summed E-state index contributed by atoms with van der Waals surface area (Å²) in [4.78, 5) is 11.1. The molecule has 0 spiro atoms. The van der Waals surface area contributed by atoms with Crippen LogP contribution >= 0.6 is 0 Å². The van der Waals surface area contributed by atoms with E-state index in [1.807, 2.05) is 0 Å². The predicted molar refractivity (Wildman–Crippen MR) is 58.4 cm³/mol. The lowest BCUT2D eigenvalue weighted by molar-refractivity contribution is -0.137. The second kappa shape index (κ2) is 4.51. The zero-order valence-electron chi connectivity index (χ0n) is 9.67. The maximum absolute atomic E-state index is 12.6. The van der Waals surface area contributed by atoms with Crippen LogP contribution in [0.4, 0.5) is 13.2 Å². The van der Waals surface area contributed by atoms with Crippen LogP contribution in [0.3, 0.4) is 0 Å². The van der Waals surface area contributed by atoms with Crippen LogP contribution in [0.5, 0.6) is 5.75 Å². The molecule has 1 heterocycles. The van der Waals surface area contributed by atoms with Gasteiger partial charge in [0.2, 0.25) is 5.91 Å². The Kier molecular flexibility index (Phi) is 3.19. The molecule has 0 radical (unpaired) electrons. The number of carbonyl (C=O) groups is 1. The number of benzene rings is 1. The van der Waals surface area contributed by atoms with Gasteiger partial charge in [0.15, 0.2) is 0 Å². The molecule has 1 aromatic rings. The van der Waals surface area contributed by atoms with Crippen molar-refractivity contribution in [3.63, 3.8) is 0 Å². The number of methoxy groups -OCH3 is 1. The van der Waals surface area contributed by atoms with Crippen LogP contribution in [0.1, 0.15) is 23.5 Å². The molecule has 1 saturated heterocycles. The van der Waals surface area contributed by atoms with Crippen LogP contribution in [-0.2, 0) is 11.0 Å². The van der Waals surface area contributed by atoms with Gasteiger partial charge in [-0.3, -0.25) is 4.79 Å². The first-order chi connectivity index (χ1) is 8.41. The molecule has 2 rings (SSSR count). The normalized spacial score (nSPS) is 19.8. The summed E-state index contributed by atoms with van der Waals surface area (Å²) in [6.45, 7) is 0.344. The third-order valence-electron chi connectivity index (χ3n) is 2.97. The van der Waals surface area contributed by atoms with Crippen molar-refractivity contribution in [3.05, 3.63) is 29.3 Å². The number of carbonyl (C=O) groups excluding carboxylic acids is 1. The molecule has 1 amide bonds. The summed E-state index contributed by atoms with van der Waals surface area (Å²) in [5, 5.41) is 2.60. The van der Waals surface area contributed by atoms with Crippen molar-refractivity contribution in [3.8, 4) is 5.75 Å². The van der Waals surface area contributed by atoms with Gasteiger partial charge in [-0.2, -0.15) is 13.2 Å². The van der Waals surface area contributed by atoms with E-state index in [4.69, 9.17) is 4.74 Å². The zero-order chi connectivity index (χ0) is 13.3. The number of halogens is 3. The Hall–Kier alpha value is -1.72. The largest absolute Gasteiger partial charge is 0.496 e. The Morgan fingerprint density at radius 1 is 1.39 bits per heavy atom. The number of hydrogen-bond donors (Lipinski definition) is 1. The van der Waals surface area contributed by atoms with Crippen molar-refractivity contribution in [1.82, 2.24) is 5.32 Å². The Balaban J connectivity index is 2.40. The second-order valence-corrected chi connectivity index (χ2v) is 4.16. The molecular formula is C12H12F3NO2. The topological polar surface area (TPSA) is 38.3 Å². The Morgan fingerprint density at radius 2 is 2.11 bits per heavy atom. The highest BCUT2D eigenvalue weighted by molar-refractivity contribution is 5.79. The first kappa shape index (κ1) is 12.7. The molecular weight excluding hydrogens is 247 g/mol. The molecule has 3 nitrogen and oxygen atoms in total. The summed E-state index contributed by atoms with van der Waals surface area (Å²) in [6.07, 6.45) is -4.20. The average Bonchev–Trinajstić information content (AvgIpc) is 2.73. The number of ether oxygens (including phenoxy) is 1. The number of nitrogens with one attached hydrogen (secondary N) is 1. The fourth-order valence-corrected chi connectivity index (χ4v) is 2.05. The van der Waals surface area contributed by atoms with Crippen LogP contribution in [-0.4, -0.2) is 19.6 Å². The van der Waals surface area contributed by atoms with Gasteiger partial charge in [0.05, 0.1) is 12.7 Å². The number of hydrogen-bond acceptors (Lipinski definition) is 2. The van der Waals surface area contributed by atoms with Gasteiger partial charge >= 0.3 is 6.18 Å². The van der Waals surface area contributed by atoms with Gasteiger partial charge in [0.25, 0.3) is 0 Å². The van der Waals surface area contributed by atoms with Crippen LogP contribution in [0.2, 0.25) is 0 Å². The molecule has 1 aromatic carbocycles. The molecule has 98 valence electrons. The molecule has 1 aliphatic heterocycles. The highest BCUT2D eigenvalue weighted by Crippen LogP contribution is 2.37. The summed E-state index contributed by atoms with van der Waals surface area (Å²) < 4.78 is 43.0. The minimum Gasteiger partial charge on any atom is -0.496 e. The summed E-state index contributed by atoms with van der Waals surface area (Å²) in [7, 11) is 1.40. The van der Waals surface area contributed by atoms with Crippen LogP contribution < -0.4 is 10.1 Å². The third kappa shape index (κ3) is 2.42.